The van der Waals surface area contributed by atoms with Crippen LogP contribution in [0.2, 0.25) is 18.1 Å². The van der Waals surface area contributed by atoms with Gasteiger partial charge in [-0.25, -0.2) is 0 Å². The van der Waals surface area contributed by atoms with Gasteiger partial charge in [0, 0.05) is 18.3 Å². The normalized spacial score (nSPS) is 38.8. The lowest BCUT2D eigenvalue weighted by Gasteiger charge is -2.45. The quantitative estimate of drug-likeness (QED) is 0.435. The number of rotatable bonds is 4. The van der Waals surface area contributed by atoms with Gasteiger partial charge in [-0.05, 0) is 31.3 Å². The first kappa shape index (κ1) is 18.1. The van der Waals surface area contributed by atoms with Gasteiger partial charge in [0.25, 0.3) is 0 Å². The van der Waals surface area contributed by atoms with Crippen molar-refractivity contribution in [3.05, 3.63) is 12.7 Å². The van der Waals surface area contributed by atoms with Crippen LogP contribution in [0.3, 0.4) is 0 Å². The minimum atomic E-state index is -1.89. The summed E-state index contributed by atoms with van der Waals surface area (Å²) in [5, 5.41) is 0.0764. The fourth-order valence-corrected chi connectivity index (χ4v) is 6.29. The van der Waals surface area contributed by atoms with E-state index in [4.69, 9.17) is 9.16 Å². The fourth-order valence-electron chi connectivity index (χ4n) is 3.69. The number of ether oxygens (including phenoxy) is 1. The molecule has 0 aromatic rings. The van der Waals surface area contributed by atoms with E-state index < -0.39 is 8.32 Å². The second-order valence-corrected chi connectivity index (χ2v) is 14.1. The van der Waals surface area contributed by atoms with Crippen LogP contribution in [-0.2, 0) is 14.0 Å². The van der Waals surface area contributed by atoms with E-state index in [0.717, 1.165) is 6.42 Å². The number of fused-ring (bicyclic) bond motifs is 1. The monoisotopic (exact) mass is 342 g/mol. The first-order valence-corrected chi connectivity index (χ1v) is 12.2. The first-order chi connectivity index (χ1) is 9.97. The third kappa shape index (κ3) is 2.80. The molecule has 0 bridgehead atoms. The molecule has 0 unspecified atom stereocenters. The third-order valence-electron chi connectivity index (χ3n) is 5.81. The van der Waals surface area contributed by atoms with Crippen LogP contribution in [0.5, 0.6) is 0 Å². The fraction of sp³-hybridized carbons (Fsp3) is 0.824. The lowest BCUT2D eigenvalue weighted by Crippen LogP contribution is -2.51. The van der Waals surface area contributed by atoms with Crippen molar-refractivity contribution in [3.63, 3.8) is 0 Å². The molecule has 1 aliphatic carbocycles. The summed E-state index contributed by atoms with van der Waals surface area (Å²) < 4.78 is 12.4. The van der Waals surface area contributed by atoms with Gasteiger partial charge in [-0.15, -0.1) is 18.3 Å². The molecule has 0 aromatic carbocycles. The summed E-state index contributed by atoms with van der Waals surface area (Å²) in [6, 6.07) is 0. The molecule has 126 valence electrons. The van der Waals surface area contributed by atoms with Gasteiger partial charge in [-0.2, -0.15) is 0 Å². The maximum atomic E-state index is 12.0. The molecule has 2 rings (SSSR count). The third-order valence-corrected chi connectivity index (χ3v) is 11.4. The molecule has 22 heavy (non-hydrogen) atoms. The molecule has 0 radical (unpaired) electrons. The molecule has 1 aliphatic heterocycles. The van der Waals surface area contributed by atoms with Gasteiger partial charge in [-0.3, -0.25) is 4.79 Å². The van der Waals surface area contributed by atoms with Crippen LogP contribution in [0, 0.1) is 11.8 Å². The Morgan fingerprint density at radius 3 is 2.50 bits per heavy atom. The Kier molecular flexibility index (Phi) is 4.66. The van der Waals surface area contributed by atoms with Gasteiger partial charge in [0.15, 0.2) is 8.32 Å². The van der Waals surface area contributed by atoms with E-state index in [1.165, 1.54) is 0 Å². The first-order valence-electron chi connectivity index (χ1n) is 8.03. The molecule has 5 heteroatoms. The molecule has 1 saturated heterocycles. The molecule has 3 nitrogen and oxygen atoms in total. The van der Waals surface area contributed by atoms with Crippen LogP contribution in [0.4, 0.5) is 0 Å². The topological polar surface area (TPSA) is 35.5 Å². The molecule has 0 aromatic heterocycles. The highest BCUT2D eigenvalue weighted by atomic mass is 32.2. The van der Waals surface area contributed by atoms with Gasteiger partial charge >= 0.3 is 5.97 Å². The zero-order chi connectivity index (χ0) is 16.9. The smallest absolute Gasteiger partial charge is 0.319 e. The molecule has 0 spiro atoms. The van der Waals surface area contributed by atoms with Crippen molar-refractivity contribution in [2.45, 2.75) is 69.2 Å². The summed E-state index contributed by atoms with van der Waals surface area (Å²) >= 11 is 1.59. The maximum absolute atomic E-state index is 12.0. The van der Waals surface area contributed by atoms with E-state index in [1.807, 2.05) is 12.3 Å². The SMILES string of the molecule is C=C[C@H]1[C@@H]2[C@H](C[C@@]1(C)O[Si](C)(C)C(C)(C)C)OC(=O)[C@H]2SC. The van der Waals surface area contributed by atoms with E-state index in [9.17, 15) is 4.79 Å². The van der Waals surface area contributed by atoms with Gasteiger partial charge in [0.2, 0.25) is 0 Å². The van der Waals surface area contributed by atoms with Gasteiger partial charge < -0.3 is 9.16 Å². The van der Waals surface area contributed by atoms with Crippen LogP contribution in [-0.4, -0.2) is 37.5 Å². The average molecular weight is 343 g/mol. The second-order valence-electron chi connectivity index (χ2n) is 8.35. The summed E-state index contributed by atoms with van der Waals surface area (Å²) in [6.45, 7) is 17.6. The van der Waals surface area contributed by atoms with Gasteiger partial charge in [-0.1, -0.05) is 26.8 Å². The molecular formula is C17H30O3SSi. The lowest BCUT2D eigenvalue weighted by molar-refractivity contribution is -0.142. The molecule has 5 atom stereocenters. The Morgan fingerprint density at radius 1 is 1.45 bits per heavy atom. The van der Waals surface area contributed by atoms with Crippen molar-refractivity contribution in [2.24, 2.45) is 11.8 Å². The molecular weight excluding hydrogens is 312 g/mol. The van der Waals surface area contributed by atoms with Crippen molar-refractivity contribution >= 4 is 26.0 Å². The van der Waals surface area contributed by atoms with E-state index in [2.05, 4.69) is 47.4 Å². The molecule has 2 aliphatic rings. The average Bonchev–Trinajstić information content (AvgIpc) is 2.76. The number of carbonyl (C=O) groups excluding carboxylic acids is 1. The minimum Gasteiger partial charge on any atom is -0.461 e. The number of thioether (sulfide) groups is 1. The van der Waals surface area contributed by atoms with E-state index >= 15 is 0 Å². The molecule has 0 amide bonds. The molecule has 2 fully saturated rings. The van der Waals surface area contributed by atoms with Crippen LogP contribution < -0.4 is 0 Å². The van der Waals surface area contributed by atoms with Crippen molar-refractivity contribution < 1.29 is 14.0 Å². The highest BCUT2D eigenvalue weighted by Crippen LogP contribution is 2.54. The van der Waals surface area contributed by atoms with Gasteiger partial charge in [0.05, 0.1) is 5.60 Å². The number of carbonyl (C=O) groups is 1. The highest BCUT2D eigenvalue weighted by Gasteiger charge is 2.61. The Bertz CT molecular complexity index is 471. The summed E-state index contributed by atoms with van der Waals surface area (Å²) in [5.74, 6) is 0.286. The second kappa shape index (κ2) is 5.67. The lowest BCUT2D eigenvalue weighted by atomic mass is 9.85. The van der Waals surface area contributed by atoms with Gasteiger partial charge in [0.1, 0.15) is 11.4 Å². The highest BCUT2D eigenvalue weighted by molar-refractivity contribution is 7.99. The largest absolute Gasteiger partial charge is 0.461 e. The minimum absolute atomic E-state index is 0.0253. The Hall–Kier alpha value is -0.263. The summed E-state index contributed by atoms with van der Waals surface area (Å²) in [5.41, 5.74) is -0.283. The van der Waals surface area contributed by atoms with Crippen LogP contribution in [0.25, 0.3) is 0 Å². The van der Waals surface area contributed by atoms with Crippen molar-refractivity contribution in [1.29, 1.82) is 0 Å². The zero-order valence-electron chi connectivity index (χ0n) is 14.9. The van der Waals surface area contributed by atoms with Crippen LogP contribution >= 0.6 is 11.8 Å². The molecule has 0 N–H and O–H groups in total. The molecule has 1 saturated carbocycles. The summed E-state index contributed by atoms with van der Waals surface area (Å²) in [6.07, 6.45) is 4.73. The predicted molar refractivity (Wildman–Crippen MR) is 95.7 cm³/mol. The van der Waals surface area contributed by atoms with Crippen LogP contribution in [0.15, 0.2) is 12.7 Å². The Balaban J connectivity index is 2.30. The van der Waals surface area contributed by atoms with E-state index in [1.54, 1.807) is 11.8 Å². The Morgan fingerprint density at radius 2 is 2.05 bits per heavy atom. The zero-order valence-corrected chi connectivity index (χ0v) is 16.8. The van der Waals surface area contributed by atoms with Crippen molar-refractivity contribution in [1.82, 2.24) is 0 Å². The number of esters is 1. The Labute approximate surface area is 140 Å². The van der Waals surface area contributed by atoms with E-state index in [-0.39, 0.29) is 39.8 Å². The van der Waals surface area contributed by atoms with Crippen molar-refractivity contribution in [3.8, 4) is 0 Å². The molecule has 1 heterocycles. The number of hydrogen-bond acceptors (Lipinski definition) is 4. The predicted octanol–water partition coefficient (Wildman–Crippen LogP) is 4.25. The van der Waals surface area contributed by atoms with Crippen molar-refractivity contribution in [2.75, 3.05) is 6.26 Å². The summed E-state index contributed by atoms with van der Waals surface area (Å²) in [4.78, 5) is 12.0. The van der Waals surface area contributed by atoms with Crippen LogP contribution in [0.1, 0.15) is 34.1 Å². The van der Waals surface area contributed by atoms with E-state index in [0.29, 0.717) is 0 Å². The standard InChI is InChI=1S/C17H30O3SSi/c1-9-11-13-12(19-15(18)14(13)21-6)10-17(11,5)20-22(7,8)16(2,3)4/h9,11-14H,1,10H2,2-8H3/t11-,12-,13+,14-,17+/m0/s1. The summed E-state index contributed by atoms with van der Waals surface area (Å²) in [7, 11) is -1.89. The number of hydrogen-bond donors (Lipinski definition) is 0. The maximum Gasteiger partial charge on any atom is 0.319 e.